The Morgan fingerprint density at radius 3 is 2.58 bits per heavy atom. The van der Waals surface area contributed by atoms with Gasteiger partial charge < -0.3 is 10.2 Å². The van der Waals surface area contributed by atoms with E-state index in [9.17, 15) is 0 Å². The average molecular weight is 278 g/mol. The first-order chi connectivity index (χ1) is 9.13. The molecule has 0 aliphatic rings. The Labute approximate surface area is 120 Å². The number of hydrazone groups is 1. The molecule has 0 saturated carbocycles. The van der Waals surface area contributed by atoms with Crippen LogP contribution in [-0.2, 0) is 0 Å². The molecule has 2 N–H and O–H groups in total. The minimum absolute atomic E-state index is 0.564. The summed E-state index contributed by atoms with van der Waals surface area (Å²) in [6.07, 6.45) is 4.02. The molecule has 1 aromatic carbocycles. The smallest absolute Gasteiger partial charge is 0.186 e. The van der Waals surface area contributed by atoms with Gasteiger partial charge >= 0.3 is 0 Å². The Hall–Kier alpha value is -1.62. The number of hydrogen-bond donors (Lipinski definition) is 2. The maximum absolute atomic E-state index is 5.10. The van der Waals surface area contributed by atoms with Gasteiger partial charge in [0.05, 0.1) is 6.21 Å². The molecule has 0 aliphatic heterocycles. The van der Waals surface area contributed by atoms with Crippen LogP contribution in [0.1, 0.15) is 25.3 Å². The number of nitrogens with zero attached hydrogens (tertiary/aromatic N) is 2. The number of nitrogens with one attached hydrogen (secondary N) is 2. The lowest BCUT2D eigenvalue weighted by Crippen LogP contribution is -2.32. The van der Waals surface area contributed by atoms with Gasteiger partial charge in [0.15, 0.2) is 5.11 Å². The molecular weight excluding hydrogens is 256 g/mol. The van der Waals surface area contributed by atoms with Crippen LogP contribution in [0.4, 0.5) is 5.69 Å². The van der Waals surface area contributed by atoms with Gasteiger partial charge in [-0.25, -0.2) is 0 Å². The van der Waals surface area contributed by atoms with Gasteiger partial charge in [-0.3, -0.25) is 5.43 Å². The Balaban J connectivity index is 2.37. The van der Waals surface area contributed by atoms with Gasteiger partial charge in [-0.05, 0) is 36.3 Å². The normalized spacial score (nSPS) is 10.5. The van der Waals surface area contributed by atoms with E-state index in [0.717, 1.165) is 24.9 Å². The van der Waals surface area contributed by atoms with E-state index in [1.54, 1.807) is 6.21 Å². The third-order valence-electron chi connectivity index (χ3n) is 2.61. The number of thiocarbonyl (C=S) groups is 1. The molecular formula is C14H22N4S. The van der Waals surface area contributed by atoms with Crippen molar-refractivity contribution in [2.24, 2.45) is 5.10 Å². The van der Waals surface area contributed by atoms with E-state index in [-0.39, 0.29) is 0 Å². The molecule has 19 heavy (non-hydrogen) atoms. The van der Waals surface area contributed by atoms with E-state index < -0.39 is 0 Å². The van der Waals surface area contributed by atoms with Crippen molar-refractivity contribution in [1.29, 1.82) is 0 Å². The molecule has 0 radical (unpaired) electrons. The van der Waals surface area contributed by atoms with E-state index in [1.807, 2.05) is 26.2 Å². The average Bonchev–Trinajstić information content (AvgIpc) is 2.39. The summed E-state index contributed by atoms with van der Waals surface area (Å²) in [6, 6.07) is 8.15. The first kappa shape index (κ1) is 15.4. The van der Waals surface area contributed by atoms with Crippen molar-refractivity contribution in [3.05, 3.63) is 29.8 Å². The third kappa shape index (κ3) is 6.20. The molecule has 0 fully saturated rings. The van der Waals surface area contributed by atoms with Crippen LogP contribution in [0.5, 0.6) is 0 Å². The zero-order valence-corrected chi connectivity index (χ0v) is 12.6. The highest BCUT2D eigenvalue weighted by molar-refractivity contribution is 7.80. The topological polar surface area (TPSA) is 39.7 Å². The quantitative estimate of drug-likeness (QED) is 0.363. The third-order valence-corrected chi connectivity index (χ3v) is 2.84. The van der Waals surface area contributed by atoms with Crippen LogP contribution in [0.15, 0.2) is 29.4 Å². The molecule has 0 heterocycles. The maximum Gasteiger partial charge on any atom is 0.186 e. The summed E-state index contributed by atoms with van der Waals surface area (Å²) >= 11 is 5.10. The predicted octanol–water partition coefficient (Wildman–Crippen LogP) is 2.35. The lowest BCUT2D eigenvalue weighted by molar-refractivity contribution is 0.745. The largest absolute Gasteiger partial charge is 0.378 e. The second-order valence-electron chi connectivity index (χ2n) is 4.47. The number of hydrogen-bond acceptors (Lipinski definition) is 3. The summed E-state index contributed by atoms with van der Waals surface area (Å²) in [7, 11) is 4.04. The van der Waals surface area contributed by atoms with Crippen LogP contribution in [0, 0.1) is 0 Å². The van der Waals surface area contributed by atoms with Gasteiger partial charge in [-0.2, -0.15) is 5.10 Å². The Morgan fingerprint density at radius 1 is 1.32 bits per heavy atom. The second kappa shape index (κ2) is 8.48. The number of benzene rings is 1. The summed E-state index contributed by atoms with van der Waals surface area (Å²) in [5.41, 5.74) is 5.01. The van der Waals surface area contributed by atoms with Crippen LogP contribution < -0.4 is 15.6 Å². The van der Waals surface area contributed by atoms with Gasteiger partial charge in [0.2, 0.25) is 0 Å². The van der Waals surface area contributed by atoms with Crippen LogP contribution in [0.2, 0.25) is 0 Å². The van der Waals surface area contributed by atoms with Crippen molar-refractivity contribution in [3.63, 3.8) is 0 Å². The molecule has 0 unspecified atom stereocenters. The summed E-state index contributed by atoms with van der Waals surface area (Å²) < 4.78 is 0. The SMILES string of the molecule is CCCCNC(=S)NN=Cc1ccc(N(C)C)cc1. The van der Waals surface area contributed by atoms with Gasteiger partial charge in [0.1, 0.15) is 0 Å². The molecule has 5 heteroatoms. The van der Waals surface area contributed by atoms with Gasteiger partial charge in [-0.15, -0.1) is 0 Å². The van der Waals surface area contributed by atoms with Crippen molar-refractivity contribution in [2.45, 2.75) is 19.8 Å². The standard InChI is InChI=1S/C14H22N4S/c1-4-5-10-15-14(19)17-16-11-12-6-8-13(9-7-12)18(2)3/h6-9,11H,4-5,10H2,1-3H3,(H2,15,17,19). The van der Waals surface area contributed by atoms with Crippen LogP contribution >= 0.6 is 12.2 Å². The maximum atomic E-state index is 5.10. The Kier molecular flexibility index (Phi) is 6.89. The van der Waals surface area contributed by atoms with E-state index >= 15 is 0 Å². The van der Waals surface area contributed by atoms with E-state index in [4.69, 9.17) is 12.2 Å². The molecule has 0 amide bonds. The molecule has 0 spiro atoms. The highest BCUT2D eigenvalue weighted by Crippen LogP contribution is 2.10. The van der Waals surface area contributed by atoms with Crippen LogP contribution in [0.3, 0.4) is 0 Å². The van der Waals surface area contributed by atoms with Crippen molar-refractivity contribution in [3.8, 4) is 0 Å². The van der Waals surface area contributed by atoms with E-state index in [1.165, 1.54) is 5.69 Å². The number of unbranched alkanes of at least 4 members (excludes halogenated alkanes) is 1. The van der Waals surface area contributed by atoms with E-state index in [2.05, 4.69) is 39.8 Å². The summed E-state index contributed by atoms with van der Waals surface area (Å²) in [5.74, 6) is 0. The fourth-order valence-electron chi connectivity index (χ4n) is 1.44. The first-order valence-corrected chi connectivity index (χ1v) is 6.88. The molecule has 1 rings (SSSR count). The van der Waals surface area contributed by atoms with Gasteiger partial charge in [0, 0.05) is 26.3 Å². The second-order valence-corrected chi connectivity index (χ2v) is 4.87. The van der Waals surface area contributed by atoms with Gasteiger partial charge in [0.25, 0.3) is 0 Å². The van der Waals surface area contributed by atoms with E-state index in [0.29, 0.717) is 5.11 Å². The molecule has 4 nitrogen and oxygen atoms in total. The minimum atomic E-state index is 0.564. The Bertz CT molecular complexity index is 412. The highest BCUT2D eigenvalue weighted by atomic mass is 32.1. The summed E-state index contributed by atoms with van der Waals surface area (Å²) in [6.45, 7) is 3.03. The first-order valence-electron chi connectivity index (χ1n) is 6.47. The number of rotatable bonds is 6. The van der Waals surface area contributed by atoms with Crippen molar-refractivity contribution in [2.75, 3.05) is 25.5 Å². The monoisotopic (exact) mass is 278 g/mol. The lowest BCUT2D eigenvalue weighted by atomic mass is 10.2. The molecule has 0 bridgehead atoms. The minimum Gasteiger partial charge on any atom is -0.378 e. The molecule has 0 aliphatic carbocycles. The molecule has 0 aromatic heterocycles. The lowest BCUT2D eigenvalue weighted by Gasteiger charge is -2.11. The van der Waals surface area contributed by atoms with Crippen molar-refractivity contribution >= 4 is 29.2 Å². The summed E-state index contributed by atoms with van der Waals surface area (Å²) in [4.78, 5) is 2.06. The summed E-state index contributed by atoms with van der Waals surface area (Å²) in [5, 5.41) is 7.76. The zero-order chi connectivity index (χ0) is 14.1. The van der Waals surface area contributed by atoms with Gasteiger partial charge in [-0.1, -0.05) is 25.5 Å². The molecule has 104 valence electrons. The molecule has 0 atom stereocenters. The molecule has 0 saturated heterocycles. The zero-order valence-electron chi connectivity index (χ0n) is 11.8. The molecule has 1 aromatic rings. The number of anilines is 1. The Morgan fingerprint density at radius 2 is 2.00 bits per heavy atom. The predicted molar refractivity (Wildman–Crippen MR) is 87.0 cm³/mol. The van der Waals surface area contributed by atoms with Crippen molar-refractivity contribution in [1.82, 2.24) is 10.7 Å². The van der Waals surface area contributed by atoms with Crippen LogP contribution in [0.25, 0.3) is 0 Å². The highest BCUT2D eigenvalue weighted by Gasteiger charge is 1.94. The fraction of sp³-hybridized carbons (Fsp3) is 0.429. The fourth-order valence-corrected chi connectivity index (χ4v) is 1.60. The van der Waals surface area contributed by atoms with Crippen molar-refractivity contribution < 1.29 is 0 Å². The van der Waals surface area contributed by atoms with Crippen LogP contribution in [-0.4, -0.2) is 32.0 Å².